The SMILES string of the molecule is C[C@H]1[C@@H]2[I+][C@@H]2C(c2ccccc2)=CC[C@@H]1O. The Bertz CT molecular complexity index is 412. The molecule has 0 radical (unpaired) electrons. The molecule has 1 fully saturated rings. The lowest BCUT2D eigenvalue weighted by atomic mass is 9.97. The molecule has 1 aromatic carbocycles. The highest BCUT2D eigenvalue weighted by atomic mass is 127. The third-order valence-corrected chi connectivity index (χ3v) is 7.66. The first-order chi connectivity index (χ1) is 7.77. The molecular formula is C14H16IO+. The number of alkyl halides is 2. The van der Waals surface area contributed by atoms with Crippen LogP contribution in [0.15, 0.2) is 36.4 Å². The van der Waals surface area contributed by atoms with Crippen molar-refractivity contribution in [2.75, 3.05) is 0 Å². The maximum atomic E-state index is 9.99. The van der Waals surface area contributed by atoms with Crippen LogP contribution in [0.1, 0.15) is 18.9 Å². The summed E-state index contributed by atoms with van der Waals surface area (Å²) in [5.74, 6) is 0.510. The van der Waals surface area contributed by atoms with Crippen molar-refractivity contribution >= 4 is 5.57 Å². The second-order valence-electron chi connectivity index (χ2n) is 4.66. The van der Waals surface area contributed by atoms with Gasteiger partial charge in [0.15, 0.2) is 0 Å². The van der Waals surface area contributed by atoms with E-state index in [1.54, 1.807) is 0 Å². The van der Waals surface area contributed by atoms with Crippen LogP contribution in [0, 0.1) is 5.92 Å². The van der Waals surface area contributed by atoms with Crippen molar-refractivity contribution in [2.45, 2.75) is 27.3 Å². The Kier molecular flexibility index (Phi) is 2.80. The van der Waals surface area contributed by atoms with Crippen LogP contribution >= 0.6 is 0 Å². The molecule has 1 aromatic rings. The lowest BCUT2D eigenvalue weighted by molar-refractivity contribution is -0.514. The smallest absolute Gasteiger partial charge is 0.291 e. The fraction of sp³-hybridized carbons (Fsp3) is 0.429. The van der Waals surface area contributed by atoms with Gasteiger partial charge in [-0.15, -0.1) is 0 Å². The molecule has 84 valence electrons. The summed E-state index contributed by atoms with van der Waals surface area (Å²) < 4.78 is 1.64. The predicted octanol–water partition coefficient (Wildman–Crippen LogP) is -0.689. The van der Waals surface area contributed by atoms with Gasteiger partial charge in [-0.2, -0.15) is 0 Å². The number of hydrogen-bond donors (Lipinski definition) is 1. The van der Waals surface area contributed by atoms with Crippen molar-refractivity contribution in [3.05, 3.63) is 42.0 Å². The van der Waals surface area contributed by atoms with Crippen LogP contribution in [0.4, 0.5) is 0 Å². The number of benzene rings is 1. The van der Waals surface area contributed by atoms with Crippen LogP contribution in [0.5, 0.6) is 0 Å². The molecular weight excluding hydrogens is 311 g/mol. The molecule has 0 aromatic heterocycles. The van der Waals surface area contributed by atoms with Crippen molar-refractivity contribution < 1.29 is 26.3 Å². The molecule has 0 amide bonds. The number of fused-ring (bicyclic) bond motifs is 1. The Morgan fingerprint density at radius 1 is 1.25 bits per heavy atom. The third-order valence-electron chi connectivity index (χ3n) is 3.59. The zero-order chi connectivity index (χ0) is 11.1. The van der Waals surface area contributed by atoms with Crippen LogP contribution in [0.2, 0.25) is 0 Å². The second kappa shape index (κ2) is 4.15. The summed E-state index contributed by atoms with van der Waals surface area (Å²) in [7, 11) is 0. The Morgan fingerprint density at radius 3 is 2.75 bits per heavy atom. The molecule has 1 nitrogen and oxygen atoms in total. The van der Waals surface area contributed by atoms with E-state index < -0.39 is 0 Å². The van der Waals surface area contributed by atoms with Crippen LogP contribution in [0.3, 0.4) is 0 Å². The zero-order valence-corrected chi connectivity index (χ0v) is 11.5. The molecule has 2 heteroatoms. The summed E-state index contributed by atoms with van der Waals surface area (Å²) >= 11 is 0.291. The molecule has 4 atom stereocenters. The molecule has 3 rings (SSSR count). The molecule has 0 bridgehead atoms. The zero-order valence-electron chi connectivity index (χ0n) is 9.31. The first-order valence-electron chi connectivity index (χ1n) is 5.83. The number of aliphatic hydroxyl groups excluding tert-OH is 1. The maximum absolute atomic E-state index is 9.99. The Balaban J connectivity index is 1.92. The van der Waals surface area contributed by atoms with Gasteiger partial charge in [-0.1, -0.05) is 43.3 Å². The average Bonchev–Trinajstić information content (AvgIpc) is 3.09. The molecule has 1 N–H and O–H groups in total. The van der Waals surface area contributed by atoms with Gasteiger partial charge in [0.05, 0.1) is 6.10 Å². The number of rotatable bonds is 1. The third kappa shape index (κ3) is 1.82. The van der Waals surface area contributed by atoms with E-state index in [-0.39, 0.29) is 6.10 Å². The Labute approximate surface area is 107 Å². The van der Waals surface area contributed by atoms with Gasteiger partial charge in [0.25, 0.3) is 21.2 Å². The fourth-order valence-electron chi connectivity index (χ4n) is 2.43. The quantitative estimate of drug-likeness (QED) is 0.535. The van der Waals surface area contributed by atoms with Crippen LogP contribution in [0.25, 0.3) is 5.57 Å². The van der Waals surface area contributed by atoms with Gasteiger partial charge < -0.3 is 5.11 Å². The van der Waals surface area contributed by atoms with E-state index in [9.17, 15) is 5.11 Å². The highest BCUT2D eigenvalue weighted by molar-refractivity contribution is 5.70. The molecule has 1 heterocycles. The summed E-state index contributed by atoms with van der Waals surface area (Å²) in [6.07, 6.45) is 3.01. The summed E-state index contributed by atoms with van der Waals surface area (Å²) in [6.45, 7) is 2.22. The Morgan fingerprint density at radius 2 is 2.00 bits per heavy atom. The number of allylic oxidation sites excluding steroid dienone is 1. The molecule has 1 saturated heterocycles. The predicted molar refractivity (Wildman–Crippen MR) is 61.8 cm³/mol. The van der Waals surface area contributed by atoms with Crippen LogP contribution < -0.4 is 21.2 Å². The first-order valence-corrected chi connectivity index (χ1v) is 8.32. The molecule has 2 aliphatic rings. The normalized spacial score (nSPS) is 37.2. The highest BCUT2D eigenvalue weighted by Gasteiger charge is 2.65. The van der Waals surface area contributed by atoms with Crippen molar-refractivity contribution in [3.8, 4) is 0 Å². The first kappa shape index (κ1) is 10.8. The van der Waals surface area contributed by atoms with E-state index in [4.69, 9.17) is 0 Å². The van der Waals surface area contributed by atoms with Crippen molar-refractivity contribution in [1.82, 2.24) is 0 Å². The number of hydrogen-bond acceptors (Lipinski definition) is 1. The Hall–Kier alpha value is -0.350. The fourth-order valence-corrected chi connectivity index (χ4v) is 6.26. The van der Waals surface area contributed by atoms with Gasteiger partial charge in [-0.05, 0) is 12.0 Å². The number of halogens is 1. The van der Waals surface area contributed by atoms with Gasteiger partial charge in [0, 0.05) is 11.5 Å². The molecule has 0 spiro atoms. The van der Waals surface area contributed by atoms with Crippen molar-refractivity contribution in [1.29, 1.82) is 0 Å². The highest BCUT2D eigenvalue weighted by Crippen LogP contribution is 2.29. The van der Waals surface area contributed by atoms with E-state index >= 15 is 0 Å². The molecule has 1 aliphatic heterocycles. The van der Waals surface area contributed by atoms with Crippen molar-refractivity contribution in [3.63, 3.8) is 0 Å². The van der Waals surface area contributed by atoms with Gasteiger partial charge in [-0.3, -0.25) is 0 Å². The minimum absolute atomic E-state index is 0.115. The summed E-state index contributed by atoms with van der Waals surface area (Å²) in [4.78, 5) is 0. The molecule has 0 unspecified atom stereocenters. The monoisotopic (exact) mass is 327 g/mol. The lowest BCUT2D eigenvalue weighted by Crippen LogP contribution is -3.50. The van der Waals surface area contributed by atoms with Gasteiger partial charge in [-0.25, -0.2) is 0 Å². The molecule has 16 heavy (non-hydrogen) atoms. The summed E-state index contributed by atoms with van der Waals surface area (Å²) in [5, 5.41) is 9.99. The van der Waals surface area contributed by atoms with E-state index in [1.165, 1.54) is 11.1 Å². The van der Waals surface area contributed by atoms with E-state index in [2.05, 4.69) is 43.3 Å². The van der Waals surface area contributed by atoms with E-state index in [0.29, 0.717) is 27.1 Å². The largest absolute Gasteiger partial charge is 0.392 e. The van der Waals surface area contributed by atoms with Gasteiger partial charge >= 0.3 is 0 Å². The number of aliphatic hydroxyl groups is 1. The maximum Gasteiger partial charge on any atom is 0.291 e. The molecule has 0 saturated carbocycles. The van der Waals surface area contributed by atoms with E-state index in [1.807, 2.05) is 0 Å². The average molecular weight is 327 g/mol. The minimum Gasteiger partial charge on any atom is -0.392 e. The molecule has 1 aliphatic carbocycles. The minimum atomic E-state index is -0.115. The van der Waals surface area contributed by atoms with Crippen molar-refractivity contribution in [2.24, 2.45) is 5.92 Å². The topological polar surface area (TPSA) is 20.2 Å². The summed E-state index contributed by atoms with van der Waals surface area (Å²) in [6, 6.07) is 10.7. The van der Waals surface area contributed by atoms with Gasteiger partial charge in [0.2, 0.25) is 7.85 Å². The van der Waals surface area contributed by atoms with Crippen LogP contribution in [-0.2, 0) is 0 Å². The van der Waals surface area contributed by atoms with Gasteiger partial charge in [0.1, 0.15) is 0 Å². The van der Waals surface area contributed by atoms with E-state index in [0.717, 1.165) is 14.3 Å². The summed E-state index contributed by atoms with van der Waals surface area (Å²) in [5.41, 5.74) is 2.89. The standard InChI is InChI=1S/C14H16IO/c1-9-12(16)8-7-11(14-13(9)15-14)10-5-3-2-4-6-10/h2-7,9,12-14,16H,8H2,1H3/q+1/t9-,12+,13+,14-/m1/s1. The van der Waals surface area contributed by atoms with Crippen LogP contribution in [-0.4, -0.2) is 19.1 Å². The lowest BCUT2D eigenvalue weighted by Gasteiger charge is -2.10. The second-order valence-corrected chi connectivity index (χ2v) is 8.16.